The number of rotatable bonds is 3. The summed E-state index contributed by atoms with van der Waals surface area (Å²) in [6.07, 6.45) is 0.448. The number of aliphatic carboxylic acids is 1. The number of hydrogen-bond acceptors (Lipinski definition) is 3. The highest BCUT2D eigenvalue weighted by molar-refractivity contribution is 5.94. The summed E-state index contributed by atoms with van der Waals surface area (Å²) in [5.41, 5.74) is 1.42. The van der Waals surface area contributed by atoms with E-state index in [1.807, 2.05) is 0 Å². The fourth-order valence-corrected chi connectivity index (χ4v) is 1.98. The first-order valence-electron chi connectivity index (χ1n) is 5.65. The van der Waals surface area contributed by atoms with Crippen molar-refractivity contribution < 1.29 is 20.1 Å². The summed E-state index contributed by atoms with van der Waals surface area (Å²) in [5, 5.41) is 29.5. The molecule has 0 saturated carbocycles. The van der Waals surface area contributed by atoms with E-state index in [-0.39, 0.29) is 17.9 Å². The standard InChI is InChI=1S/C14H14O4/c1-8-6-12(15)10-4-2-9(3-5-13(16)17)7-11(10)14(8)18/h2,4,6-7,15,18H,3,5H2,1H3,(H,16,17). The molecule has 0 amide bonds. The van der Waals surface area contributed by atoms with Gasteiger partial charge in [-0.25, -0.2) is 0 Å². The molecule has 0 spiro atoms. The van der Waals surface area contributed by atoms with Crippen molar-refractivity contribution in [2.45, 2.75) is 19.8 Å². The first kappa shape index (κ1) is 12.2. The van der Waals surface area contributed by atoms with E-state index in [1.165, 1.54) is 6.07 Å². The van der Waals surface area contributed by atoms with Gasteiger partial charge in [0.05, 0.1) is 0 Å². The Morgan fingerprint density at radius 1 is 1.17 bits per heavy atom. The topological polar surface area (TPSA) is 77.8 Å². The number of phenolic OH excluding ortho intramolecular Hbond substituents is 2. The number of aromatic hydroxyl groups is 2. The average Bonchev–Trinajstić information content (AvgIpc) is 2.33. The van der Waals surface area contributed by atoms with Crippen LogP contribution in [0.25, 0.3) is 10.8 Å². The van der Waals surface area contributed by atoms with Gasteiger partial charge in [-0.2, -0.15) is 0 Å². The van der Waals surface area contributed by atoms with Crippen LogP contribution in [0.4, 0.5) is 0 Å². The van der Waals surface area contributed by atoms with Gasteiger partial charge in [-0.1, -0.05) is 12.1 Å². The molecular formula is C14H14O4. The molecule has 0 unspecified atom stereocenters. The normalized spacial score (nSPS) is 10.7. The van der Waals surface area contributed by atoms with Gasteiger partial charge >= 0.3 is 5.97 Å². The Bertz CT molecular complexity index is 617. The van der Waals surface area contributed by atoms with Crippen molar-refractivity contribution in [1.82, 2.24) is 0 Å². The first-order chi connectivity index (χ1) is 8.49. The SMILES string of the molecule is Cc1cc(O)c2ccc(CCC(=O)O)cc2c1O. The maximum absolute atomic E-state index is 10.5. The van der Waals surface area contributed by atoms with E-state index in [9.17, 15) is 15.0 Å². The number of carboxylic acid groups (broad SMARTS) is 1. The van der Waals surface area contributed by atoms with Crippen molar-refractivity contribution in [3.8, 4) is 11.5 Å². The van der Waals surface area contributed by atoms with Crippen molar-refractivity contribution >= 4 is 16.7 Å². The number of fused-ring (bicyclic) bond motifs is 1. The quantitative estimate of drug-likeness (QED) is 0.727. The van der Waals surface area contributed by atoms with Crippen LogP contribution in [-0.4, -0.2) is 21.3 Å². The molecule has 0 bridgehead atoms. The molecule has 0 aliphatic heterocycles. The largest absolute Gasteiger partial charge is 0.507 e. The van der Waals surface area contributed by atoms with Gasteiger partial charge in [-0.3, -0.25) is 4.79 Å². The zero-order valence-electron chi connectivity index (χ0n) is 9.97. The zero-order valence-corrected chi connectivity index (χ0v) is 9.97. The number of hydrogen-bond donors (Lipinski definition) is 3. The zero-order chi connectivity index (χ0) is 13.3. The minimum atomic E-state index is -0.855. The summed E-state index contributed by atoms with van der Waals surface area (Å²) >= 11 is 0. The molecule has 0 saturated heterocycles. The fraction of sp³-hybridized carbons (Fsp3) is 0.214. The lowest BCUT2D eigenvalue weighted by molar-refractivity contribution is -0.136. The van der Waals surface area contributed by atoms with Crippen LogP contribution in [0.2, 0.25) is 0 Å². The highest BCUT2D eigenvalue weighted by Gasteiger charge is 2.09. The monoisotopic (exact) mass is 246 g/mol. The van der Waals surface area contributed by atoms with E-state index in [2.05, 4.69) is 0 Å². The number of benzene rings is 2. The van der Waals surface area contributed by atoms with Gasteiger partial charge < -0.3 is 15.3 Å². The van der Waals surface area contributed by atoms with Crippen molar-refractivity contribution in [2.75, 3.05) is 0 Å². The molecule has 2 aromatic carbocycles. The molecule has 0 aromatic heterocycles. The van der Waals surface area contributed by atoms with Crippen molar-refractivity contribution in [1.29, 1.82) is 0 Å². The van der Waals surface area contributed by atoms with E-state index in [0.29, 0.717) is 22.8 Å². The van der Waals surface area contributed by atoms with Crippen molar-refractivity contribution in [2.24, 2.45) is 0 Å². The Morgan fingerprint density at radius 3 is 2.56 bits per heavy atom. The number of carbonyl (C=O) groups is 1. The lowest BCUT2D eigenvalue weighted by atomic mass is 10.0. The molecule has 2 rings (SSSR count). The molecule has 3 N–H and O–H groups in total. The first-order valence-corrected chi connectivity index (χ1v) is 5.65. The van der Waals surface area contributed by atoms with Crippen LogP contribution in [0.5, 0.6) is 11.5 Å². The summed E-state index contributed by atoms with van der Waals surface area (Å²) in [6.45, 7) is 1.71. The second kappa shape index (κ2) is 4.56. The van der Waals surface area contributed by atoms with Crippen molar-refractivity contribution in [3.05, 3.63) is 35.4 Å². The summed E-state index contributed by atoms with van der Waals surface area (Å²) in [7, 11) is 0. The molecule has 18 heavy (non-hydrogen) atoms. The number of aryl methyl sites for hydroxylation is 2. The highest BCUT2D eigenvalue weighted by atomic mass is 16.4. The third kappa shape index (κ3) is 2.22. The van der Waals surface area contributed by atoms with E-state index < -0.39 is 5.97 Å². The van der Waals surface area contributed by atoms with Crippen LogP contribution in [0, 0.1) is 6.92 Å². The Morgan fingerprint density at radius 2 is 1.89 bits per heavy atom. The van der Waals surface area contributed by atoms with Crippen LogP contribution >= 0.6 is 0 Å². The lowest BCUT2D eigenvalue weighted by Crippen LogP contribution is -1.97. The molecule has 0 atom stereocenters. The molecule has 0 radical (unpaired) electrons. The van der Waals surface area contributed by atoms with Crippen LogP contribution < -0.4 is 0 Å². The molecule has 4 nitrogen and oxygen atoms in total. The molecule has 4 heteroatoms. The van der Waals surface area contributed by atoms with Crippen LogP contribution in [0.1, 0.15) is 17.5 Å². The fourth-order valence-electron chi connectivity index (χ4n) is 1.98. The molecule has 0 aliphatic rings. The smallest absolute Gasteiger partial charge is 0.303 e. The van der Waals surface area contributed by atoms with Gasteiger partial charge in [-0.15, -0.1) is 0 Å². The molecular weight excluding hydrogens is 232 g/mol. The van der Waals surface area contributed by atoms with E-state index in [1.54, 1.807) is 25.1 Å². The Balaban J connectivity index is 2.50. The third-order valence-corrected chi connectivity index (χ3v) is 2.97. The molecule has 2 aromatic rings. The average molecular weight is 246 g/mol. The van der Waals surface area contributed by atoms with E-state index >= 15 is 0 Å². The number of carboxylic acids is 1. The maximum atomic E-state index is 10.5. The molecule has 94 valence electrons. The van der Waals surface area contributed by atoms with Gasteiger partial charge in [0.2, 0.25) is 0 Å². The summed E-state index contributed by atoms with van der Waals surface area (Å²) in [4.78, 5) is 10.5. The van der Waals surface area contributed by atoms with E-state index in [0.717, 1.165) is 5.56 Å². The predicted octanol–water partition coefficient (Wildman–Crippen LogP) is 2.58. The van der Waals surface area contributed by atoms with Gasteiger partial charge in [0, 0.05) is 17.2 Å². The molecule has 0 heterocycles. The number of phenols is 2. The van der Waals surface area contributed by atoms with Crippen LogP contribution in [0.15, 0.2) is 24.3 Å². The lowest BCUT2D eigenvalue weighted by Gasteiger charge is -2.08. The second-order valence-corrected chi connectivity index (χ2v) is 4.33. The minimum absolute atomic E-state index is 0.0457. The Kier molecular flexibility index (Phi) is 3.10. The summed E-state index contributed by atoms with van der Waals surface area (Å²) < 4.78 is 0. The summed E-state index contributed by atoms with van der Waals surface area (Å²) in [6, 6.07) is 6.69. The third-order valence-electron chi connectivity index (χ3n) is 2.97. The van der Waals surface area contributed by atoms with Gasteiger partial charge in [0.1, 0.15) is 11.5 Å². The van der Waals surface area contributed by atoms with Crippen LogP contribution in [0.3, 0.4) is 0 Å². The second-order valence-electron chi connectivity index (χ2n) is 4.33. The highest BCUT2D eigenvalue weighted by Crippen LogP contribution is 2.35. The van der Waals surface area contributed by atoms with Gasteiger partial charge in [-0.05, 0) is 36.6 Å². The molecule has 0 aliphatic carbocycles. The van der Waals surface area contributed by atoms with Crippen LogP contribution in [-0.2, 0) is 11.2 Å². The molecule has 0 fully saturated rings. The van der Waals surface area contributed by atoms with Gasteiger partial charge in [0.25, 0.3) is 0 Å². The Hall–Kier alpha value is -2.23. The van der Waals surface area contributed by atoms with Crippen molar-refractivity contribution in [3.63, 3.8) is 0 Å². The van der Waals surface area contributed by atoms with Gasteiger partial charge in [0.15, 0.2) is 0 Å². The maximum Gasteiger partial charge on any atom is 0.303 e. The minimum Gasteiger partial charge on any atom is -0.507 e. The Labute approximate surface area is 104 Å². The van der Waals surface area contributed by atoms with E-state index in [4.69, 9.17) is 5.11 Å². The summed E-state index contributed by atoms with van der Waals surface area (Å²) in [5.74, 6) is -0.614. The predicted molar refractivity (Wildman–Crippen MR) is 68.0 cm³/mol.